The molecular formula is C8H11O4P. The average molecular weight is 202 g/mol. The largest absolute Gasteiger partial charge is 0.508 e. The molecule has 0 saturated heterocycles. The zero-order valence-electron chi connectivity index (χ0n) is 7.06. The van der Waals surface area contributed by atoms with E-state index >= 15 is 0 Å². The molecular weight excluding hydrogens is 191 g/mol. The monoisotopic (exact) mass is 202 g/mol. The quantitative estimate of drug-likeness (QED) is 0.637. The Morgan fingerprint density at radius 2 is 1.69 bits per heavy atom. The number of rotatable bonds is 2. The van der Waals surface area contributed by atoms with Gasteiger partial charge in [0.1, 0.15) is 11.5 Å². The lowest BCUT2D eigenvalue weighted by molar-refractivity contribution is 0.448. The topological polar surface area (TPSA) is 77.8 Å². The molecule has 0 aliphatic heterocycles. The van der Waals surface area contributed by atoms with Gasteiger partial charge in [-0.25, -0.2) is 0 Å². The second kappa shape index (κ2) is 3.81. The predicted molar refractivity (Wildman–Crippen MR) is 49.4 cm³/mol. The minimum absolute atomic E-state index is 0.106. The molecule has 0 saturated carbocycles. The van der Waals surface area contributed by atoms with E-state index in [2.05, 4.69) is 0 Å². The Hall–Kier alpha value is -0.990. The van der Waals surface area contributed by atoms with Crippen LogP contribution in [0.4, 0.5) is 0 Å². The van der Waals surface area contributed by atoms with Crippen molar-refractivity contribution in [1.29, 1.82) is 0 Å². The lowest BCUT2D eigenvalue weighted by Crippen LogP contribution is -1.87. The molecule has 0 heterocycles. The van der Waals surface area contributed by atoms with Crippen molar-refractivity contribution in [3.8, 4) is 11.5 Å². The highest BCUT2D eigenvalue weighted by molar-refractivity contribution is 7.38. The molecule has 5 heteroatoms. The van der Waals surface area contributed by atoms with Crippen molar-refractivity contribution in [2.24, 2.45) is 0 Å². The summed E-state index contributed by atoms with van der Waals surface area (Å²) in [6, 6.07) is 3.90. The van der Waals surface area contributed by atoms with Gasteiger partial charge < -0.3 is 15.1 Å². The number of benzene rings is 1. The third kappa shape index (κ3) is 2.47. The summed E-state index contributed by atoms with van der Waals surface area (Å²) in [5.74, 6) is -0.213. The first-order valence-corrected chi connectivity index (χ1v) is 5.19. The standard InChI is InChI=1S/C8H11O4P/c1-5(13(11)12)6-2-7(9)4-8(10)3-6/h2-5,9-10,13H,1H3,(H,11,12). The predicted octanol–water partition coefficient (Wildman–Crippen LogP) is 1.63. The van der Waals surface area contributed by atoms with E-state index < -0.39 is 13.7 Å². The summed E-state index contributed by atoms with van der Waals surface area (Å²) in [5.41, 5.74) is -0.0908. The lowest BCUT2D eigenvalue weighted by atomic mass is 10.1. The molecule has 0 aromatic heterocycles. The summed E-state index contributed by atoms with van der Waals surface area (Å²) in [6.07, 6.45) is 0. The molecule has 1 aromatic rings. The number of hydrogen-bond acceptors (Lipinski definition) is 3. The number of phenols is 2. The van der Waals surface area contributed by atoms with Crippen molar-refractivity contribution in [3.63, 3.8) is 0 Å². The molecule has 0 bridgehead atoms. The first kappa shape index (κ1) is 10.1. The molecule has 0 spiro atoms. The zero-order chi connectivity index (χ0) is 10.0. The van der Waals surface area contributed by atoms with Crippen LogP contribution < -0.4 is 0 Å². The number of aromatic hydroxyl groups is 2. The van der Waals surface area contributed by atoms with Crippen LogP contribution in [0.15, 0.2) is 18.2 Å². The summed E-state index contributed by atoms with van der Waals surface area (Å²) < 4.78 is 10.7. The highest BCUT2D eigenvalue weighted by Crippen LogP contribution is 2.39. The van der Waals surface area contributed by atoms with Crippen molar-refractivity contribution in [1.82, 2.24) is 0 Å². The van der Waals surface area contributed by atoms with E-state index in [1.807, 2.05) is 0 Å². The number of phenolic OH excluding ortho intramolecular Hbond substituents is 2. The summed E-state index contributed by atoms with van der Waals surface area (Å²) in [7, 11) is -2.67. The van der Waals surface area contributed by atoms with Crippen LogP contribution in [0.25, 0.3) is 0 Å². The summed E-state index contributed by atoms with van der Waals surface area (Å²) >= 11 is 0. The van der Waals surface area contributed by atoms with Crippen molar-refractivity contribution in [3.05, 3.63) is 23.8 Å². The van der Waals surface area contributed by atoms with Crippen LogP contribution in [0.5, 0.6) is 11.5 Å². The normalized spacial score (nSPS) is 15.2. The van der Waals surface area contributed by atoms with Crippen LogP contribution in [0.2, 0.25) is 0 Å². The first-order valence-electron chi connectivity index (χ1n) is 3.76. The first-order chi connectivity index (χ1) is 6.00. The summed E-state index contributed by atoms with van der Waals surface area (Å²) in [5, 5.41) is 18.2. The third-order valence-electron chi connectivity index (χ3n) is 1.80. The molecule has 0 aliphatic rings. The molecule has 4 nitrogen and oxygen atoms in total. The van der Waals surface area contributed by atoms with E-state index in [0.29, 0.717) is 5.56 Å². The van der Waals surface area contributed by atoms with E-state index in [-0.39, 0.29) is 11.5 Å². The number of hydrogen-bond donors (Lipinski definition) is 3. The smallest absolute Gasteiger partial charge is 0.196 e. The zero-order valence-corrected chi connectivity index (χ0v) is 8.06. The van der Waals surface area contributed by atoms with Crippen LogP contribution in [0, 0.1) is 0 Å². The van der Waals surface area contributed by atoms with Gasteiger partial charge in [0.2, 0.25) is 0 Å². The Morgan fingerprint density at radius 3 is 2.08 bits per heavy atom. The van der Waals surface area contributed by atoms with Crippen LogP contribution >= 0.6 is 8.03 Å². The SMILES string of the molecule is CC(c1cc(O)cc(O)c1)[PH](=O)O. The molecule has 0 amide bonds. The van der Waals surface area contributed by atoms with Gasteiger partial charge in [0, 0.05) is 6.07 Å². The van der Waals surface area contributed by atoms with Gasteiger partial charge in [0.25, 0.3) is 0 Å². The lowest BCUT2D eigenvalue weighted by Gasteiger charge is -2.08. The molecule has 13 heavy (non-hydrogen) atoms. The molecule has 0 fully saturated rings. The van der Waals surface area contributed by atoms with Crippen molar-refractivity contribution >= 4 is 8.03 Å². The maximum absolute atomic E-state index is 10.7. The van der Waals surface area contributed by atoms with Gasteiger partial charge in [-0.2, -0.15) is 0 Å². The van der Waals surface area contributed by atoms with Crippen LogP contribution in [-0.2, 0) is 4.57 Å². The maximum Gasteiger partial charge on any atom is 0.196 e. The van der Waals surface area contributed by atoms with Gasteiger partial charge in [0.05, 0.1) is 5.66 Å². The highest BCUT2D eigenvalue weighted by Gasteiger charge is 2.12. The van der Waals surface area contributed by atoms with Crippen LogP contribution in [-0.4, -0.2) is 15.1 Å². The van der Waals surface area contributed by atoms with E-state index in [1.165, 1.54) is 18.2 Å². The molecule has 2 atom stereocenters. The fraction of sp³-hybridized carbons (Fsp3) is 0.250. The van der Waals surface area contributed by atoms with Gasteiger partial charge >= 0.3 is 0 Å². The highest BCUT2D eigenvalue weighted by atomic mass is 31.1. The third-order valence-corrected chi connectivity index (χ3v) is 2.87. The van der Waals surface area contributed by atoms with Crippen LogP contribution in [0.1, 0.15) is 18.1 Å². The second-order valence-corrected chi connectivity index (χ2v) is 4.39. The van der Waals surface area contributed by atoms with Gasteiger partial charge in [-0.3, -0.25) is 4.57 Å². The molecule has 0 aliphatic carbocycles. The molecule has 1 aromatic carbocycles. The van der Waals surface area contributed by atoms with Crippen molar-refractivity contribution in [2.75, 3.05) is 0 Å². The molecule has 1 rings (SSSR count). The molecule has 0 radical (unpaired) electrons. The van der Waals surface area contributed by atoms with E-state index in [9.17, 15) is 4.57 Å². The Balaban J connectivity index is 3.07. The molecule has 2 unspecified atom stereocenters. The minimum Gasteiger partial charge on any atom is -0.508 e. The fourth-order valence-electron chi connectivity index (χ4n) is 1.01. The maximum atomic E-state index is 10.7. The van der Waals surface area contributed by atoms with E-state index in [0.717, 1.165) is 0 Å². The molecule has 3 N–H and O–H groups in total. The Morgan fingerprint density at radius 1 is 1.23 bits per heavy atom. The van der Waals surface area contributed by atoms with Crippen molar-refractivity contribution < 1.29 is 19.7 Å². The minimum atomic E-state index is -2.67. The van der Waals surface area contributed by atoms with Gasteiger partial charge in [-0.1, -0.05) is 0 Å². The average Bonchev–Trinajstić information content (AvgIpc) is 2.01. The summed E-state index contributed by atoms with van der Waals surface area (Å²) in [4.78, 5) is 8.84. The second-order valence-electron chi connectivity index (χ2n) is 2.84. The Labute approximate surface area is 76.3 Å². The van der Waals surface area contributed by atoms with E-state index in [4.69, 9.17) is 15.1 Å². The fourth-order valence-corrected chi connectivity index (χ4v) is 1.46. The van der Waals surface area contributed by atoms with Crippen LogP contribution in [0.3, 0.4) is 0 Å². The Bertz CT molecular complexity index is 317. The van der Waals surface area contributed by atoms with Gasteiger partial charge in [0.15, 0.2) is 8.03 Å². The van der Waals surface area contributed by atoms with Gasteiger partial charge in [-0.05, 0) is 24.6 Å². The van der Waals surface area contributed by atoms with E-state index in [1.54, 1.807) is 6.92 Å². The Kier molecular flexibility index (Phi) is 2.96. The summed E-state index contributed by atoms with van der Waals surface area (Å²) in [6.45, 7) is 1.56. The van der Waals surface area contributed by atoms with Gasteiger partial charge in [-0.15, -0.1) is 0 Å². The van der Waals surface area contributed by atoms with Crippen molar-refractivity contribution in [2.45, 2.75) is 12.6 Å². The molecule has 72 valence electrons.